The number of anilines is 2. The molecule has 0 saturated carbocycles. The second kappa shape index (κ2) is 10.1. The topological polar surface area (TPSA) is 96.6 Å². The van der Waals surface area contributed by atoms with Crippen molar-refractivity contribution in [3.05, 3.63) is 49.9 Å². The molecule has 30 heavy (non-hydrogen) atoms. The zero-order chi connectivity index (χ0) is 23.4. The van der Waals surface area contributed by atoms with Crippen molar-refractivity contribution in [2.24, 2.45) is 7.05 Å². The highest BCUT2D eigenvalue weighted by Gasteiger charge is 2.44. The lowest BCUT2D eigenvalue weighted by Crippen LogP contribution is -2.36. The zero-order valence-electron chi connectivity index (χ0n) is 15.5. The average Bonchev–Trinajstić information content (AvgIpc) is 2.62. The number of benzene rings is 1. The van der Waals surface area contributed by atoms with Crippen molar-refractivity contribution in [1.82, 2.24) is 0 Å². The van der Waals surface area contributed by atoms with E-state index in [9.17, 15) is 22.4 Å². The summed E-state index contributed by atoms with van der Waals surface area (Å²) in [6.45, 7) is 1.78. The molecule has 0 unspecified atom stereocenters. The van der Waals surface area contributed by atoms with Gasteiger partial charge >= 0.3 is 21.6 Å². The number of carbonyl (C=O) groups is 1. The van der Waals surface area contributed by atoms with E-state index in [2.05, 4.69) is 5.32 Å². The predicted molar refractivity (Wildman–Crippen MR) is 109 cm³/mol. The smallest absolute Gasteiger partial charge is 0.465 e. The Balaban J connectivity index is 0.000000479. The second-order valence-electron chi connectivity index (χ2n) is 5.60. The van der Waals surface area contributed by atoms with Gasteiger partial charge in [0.2, 0.25) is 0 Å². The van der Waals surface area contributed by atoms with Crippen LogP contribution in [0.25, 0.3) is 0 Å². The highest BCUT2D eigenvalue weighted by Crippen LogP contribution is 2.25. The molecule has 0 bridgehead atoms. The first-order chi connectivity index (χ1) is 13.6. The summed E-state index contributed by atoms with van der Waals surface area (Å²) < 4.78 is 78.7. The summed E-state index contributed by atoms with van der Waals surface area (Å²) >= 11 is 8.23. The molecule has 2 N–H and O–H groups in total. The first kappa shape index (κ1) is 26.3. The van der Waals surface area contributed by atoms with Crippen LogP contribution >= 0.6 is 34.2 Å². The maximum absolute atomic E-state index is 14.0. The predicted octanol–water partition coefficient (Wildman–Crippen LogP) is 4.14. The Bertz CT molecular complexity index is 1060. The van der Waals surface area contributed by atoms with E-state index in [0.29, 0.717) is 11.0 Å². The van der Waals surface area contributed by atoms with E-state index < -0.39 is 27.4 Å². The quantitative estimate of drug-likeness (QED) is 0.107. The molecule has 14 heteroatoms. The van der Waals surface area contributed by atoms with Crippen LogP contribution in [0.5, 0.6) is 0 Å². The molecule has 0 saturated heterocycles. The third-order valence-corrected chi connectivity index (χ3v) is 5.26. The highest BCUT2D eigenvalue weighted by molar-refractivity contribution is 14.1. The second-order valence-corrected chi connectivity index (χ2v) is 8.62. The van der Waals surface area contributed by atoms with Crippen LogP contribution in [-0.4, -0.2) is 31.6 Å². The van der Waals surface area contributed by atoms with Gasteiger partial charge in [-0.05, 0) is 65.4 Å². The molecular formula is C16H15ClF4IN2O5S+. The molecule has 0 fully saturated rings. The van der Waals surface area contributed by atoms with Gasteiger partial charge in [-0.2, -0.15) is 21.6 Å². The van der Waals surface area contributed by atoms with E-state index in [1.165, 1.54) is 13.2 Å². The van der Waals surface area contributed by atoms with Crippen LogP contribution in [0.3, 0.4) is 0 Å². The number of hydrogen-bond acceptors (Lipinski definition) is 5. The standard InChI is InChI=1S/C15H13ClFIN2O2.CHF3O3S/c1-8-6-10(15(21)22-3)14(20(2)13(8)16)19-12-5-4-9(18)7-11(12)17;2-1(3,4)8(5,6)7/h4-7H,1-3H3;(H,5,6,7)/p+1. The van der Waals surface area contributed by atoms with Gasteiger partial charge in [0.05, 0.1) is 14.2 Å². The summed E-state index contributed by atoms with van der Waals surface area (Å²) in [7, 11) is -2.86. The van der Waals surface area contributed by atoms with Gasteiger partial charge in [0.15, 0.2) is 16.7 Å². The Hall–Kier alpha value is -1.71. The Morgan fingerprint density at radius 3 is 2.27 bits per heavy atom. The Morgan fingerprint density at radius 2 is 1.83 bits per heavy atom. The van der Waals surface area contributed by atoms with Crippen molar-refractivity contribution >= 4 is 61.8 Å². The van der Waals surface area contributed by atoms with Crippen molar-refractivity contribution in [1.29, 1.82) is 0 Å². The minimum atomic E-state index is -5.84. The number of aryl methyl sites for hydroxylation is 1. The number of alkyl halides is 3. The lowest BCUT2D eigenvalue weighted by Gasteiger charge is -2.11. The molecule has 0 aliphatic carbocycles. The average molecular weight is 586 g/mol. The van der Waals surface area contributed by atoms with Crippen molar-refractivity contribution in [2.75, 3.05) is 12.4 Å². The van der Waals surface area contributed by atoms with E-state index in [4.69, 9.17) is 29.3 Å². The normalized spacial score (nSPS) is 11.4. The minimum absolute atomic E-state index is 0.251. The van der Waals surface area contributed by atoms with Gasteiger partial charge in [0.1, 0.15) is 5.56 Å². The number of rotatable bonds is 3. The number of aromatic nitrogens is 1. The summed E-state index contributed by atoms with van der Waals surface area (Å²) in [5.74, 6) is -0.578. The summed E-state index contributed by atoms with van der Waals surface area (Å²) in [5, 5.41) is 3.36. The van der Waals surface area contributed by atoms with Gasteiger partial charge in [-0.25, -0.2) is 19.1 Å². The molecule has 2 rings (SSSR count). The van der Waals surface area contributed by atoms with E-state index in [-0.39, 0.29) is 11.3 Å². The number of nitrogens with zero attached hydrogens (tertiary/aromatic N) is 1. The first-order valence-corrected chi connectivity index (χ1v) is 10.5. The number of nitrogens with one attached hydrogen (secondary N) is 1. The molecule has 0 spiro atoms. The van der Waals surface area contributed by atoms with E-state index in [1.807, 2.05) is 22.6 Å². The highest BCUT2D eigenvalue weighted by atomic mass is 127. The lowest BCUT2D eigenvalue weighted by atomic mass is 10.2. The Labute approximate surface area is 187 Å². The molecule has 0 amide bonds. The summed E-state index contributed by atoms with van der Waals surface area (Å²) in [6, 6.07) is 6.38. The fourth-order valence-corrected chi connectivity index (χ4v) is 2.62. The molecule has 0 atom stereocenters. The van der Waals surface area contributed by atoms with Crippen molar-refractivity contribution in [3.8, 4) is 0 Å². The lowest BCUT2D eigenvalue weighted by molar-refractivity contribution is -0.655. The number of hydrogen-bond donors (Lipinski definition) is 2. The van der Waals surface area contributed by atoms with Crippen LogP contribution in [-0.2, 0) is 21.9 Å². The summed E-state index contributed by atoms with van der Waals surface area (Å²) in [5.41, 5.74) is -4.28. The SMILES string of the molecule is COC(=O)c1cc(C)c(Cl)[n+](C)c1Nc1ccc(I)cc1F.O=S(=O)(O)C(F)(F)F. The van der Waals surface area contributed by atoms with Crippen molar-refractivity contribution < 1.29 is 44.6 Å². The van der Waals surface area contributed by atoms with Crippen LogP contribution in [0.1, 0.15) is 15.9 Å². The van der Waals surface area contributed by atoms with Crippen LogP contribution in [0.4, 0.5) is 29.1 Å². The fourth-order valence-electron chi connectivity index (χ4n) is 2.02. The third-order valence-electron chi connectivity index (χ3n) is 3.45. The van der Waals surface area contributed by atoms with Crippen LogP contribution in [0.2, 0.25) is 5.15 Å². The molecule has 2 aromatic rings. The third kappa shape index (κ3) is 6.65. The molecule has 7 nitrogen and oxygen atoms in total. The first-order valence-electron chi connectivity index (χ1n) is 7.63. The molecule has 1 aromatic heterocycles. The van der Waals surface area contributed by atoms with Gasteiger partial charge in [-0.3, -0.25) is 4.55 Å². The number of ether oxygens (including phenoxy) is 1. The largest absolute Gasteiger partial charge is 0.522 e. The van der Waals surface area contributed by atoms with Crippen molar-refractivity contribution in [2.45, 2.75) is 12.4 Å². The van der Waals surface area contributed by atoms with Crippen molar-refractivity contribution in [3.63, 3.8) is 0 Å². The van der Waals surface area contributed by atoms with Gasteiger partial charge in [-0.1, -0.05) is 0 Å². The monoisotopic (exact) mass is 585 g/mol. The summed E-state index contributed by atoms with van der Waals surface area (Å²) in [4.78, 5) is 12.0. The zero-order valence-corrected chi connectivity index (χ0v) is 19.2. The molecular weight excluding hydrogens is 571 g/mol. The minimum Gasteiger partial charge on any atom is -0.465 e. The van der Waals surface area contributed by atoms with Crippen LogP contribution in [0, 0.1) is 16.3 Å². The fraction of sp³-hybridized carbons (Fsp3) is 0.250. The molecule has 0 radical (unpaired) electrons. The maximum Gasteiger partial charge on any atom is 0.522 e. The van der Waals surface area contributed by atoms with Crippen LogP contribution in [0.15, 0.2) is 24.3 Å². The Morgan fingerprint density at radius 1 is 1.30 bits per heavy atom. The van der Waals surface area contributed by atoms with Gasteiger partial charge in [0, 0.05) is 9.13 Å². The molecule has 166 valence electrons. The molecule has 0 aliphatic heterocycles. The van der Waals surface area contributed by atoms with E-state index >= 15 is 0 Å². The number of methoxy groups -OCH3 is 1. The van der Waals surface area contributed by atoms with Gasteiger partial charge in [-0.15, -0.1) is 0 Å². The maximum atomic E-state index is 14.0. The van der Waals surface area contributed by atoms with Crippen LogP contribution < -0.4 is 9.88 Å². The van der Waals surface area contributed by atoms with Gasteiger partial charge in [0.25, 0.3) is 5.82 Å². The number of pyridine rings is 1. The molecule has 0 aliphatic rings. The molecule has 1 heterocycles. The summed E-state index contributed by atoms with van der Waals surface area (Å²) in [6.07, 6.45) is 0. The van der Waals surface area contributed by atoms with E-state index in [0.717, 1.165) is 9.13 Å². The number of esters is 1. The molecule has 1 aromatic carbocycles. The number of carbonyl (C=O) groups excluding carboxylic acids is 1. The van der Waals surface area contributed by atoms with E-state index in [1.54, 1.807) is 36.7 Å². The Kier molecular flexibility index (Phi) is 8.83. The number of halogens is 6. The van der Waals surface area contributed by atoms with Gasteiger partial charge < -0.3 is 4.74 Å².